The molecule has 4 nitrogen and oxygen atoms in total. The zero-order chi connectivity index (χ0) is 13.0. The second-order valence-electron chi connectivity index (χ2n) is 3.84. The Morgan fingerprint density at radius 2 is 1.94 bits per heavy atom. The number of hydrogen-bond acceptors (Lipinski definition) is 4. The maximum atomic E-state index is 8.69. The minimum atomic E-state index is -0.179. The lowest BCUT2D eigenvalue weighted by atomic mass is 10.2. The second kappa shape index (κ2) is 5.39. The molecular formula is C14H13N3O. The van der Waals surface area contributed by atoms with Crippen LogP contribution in [0.1, 0.15) is 17.1 Å². The van der Waals surface area contributed by atoms with Crippen LogP contribution in [0.25, 0.3) is 11.5 Å². The van der Waals surface area contributed by atoms with Crippen molar-refractivity contribution in [1.29, 1.82) is 0 Å². The van der Waals surface area contributed by atoms with E-state index in [1.807, 2.05) is 32.0 Å². The van der Waals surface area contributed by atoms with Crippen LogP contribution in [-0.4, -0.2) is 26.7 Å². The highest BCUT2D eigenvalue weighted by molar-refractivity contribution is 5.50. The highest BCUT2D eigenvalue weighted by Gasteiger charge is 2.05. The van der Waals surface area contributed by atoms with Crippen molar-refractivity contribution in [3.8, 4) is 23.4 Å². The summed E-state index contributed by atoms with van der Waals surface area (Å²) in [5.41, 5.74) is 3.06. The zero-order valence-corrected chi connectivity index (χ0v) is 10.3. The normalized spacial score (nSPS) is 9.72. The summed E-state index contributed by atoms with van der Waals surface area (Å²) < 4.78 is 0. The van der Waals surface area contributed by atoms with Gasteiger partial charge in [-0.1, -0.05) is 12.0 Å². The molecule has 0 radical (unpaired) electrons. The molecular weight excluding hydrogens is 226 g/mol. The Morgan fingerprint density at radius 1 is 1.11 bits per heavy atom. The van der Waals surface area contributed by atoms with Gasteiger partial charge in [-0.3, -0.25) is 0 Å². The van der Waals surface area contributed by atoms with Gasteiger partial charge >= 0.3 is 0 Å². The van der Waals surface area contributed by atoms with Gasteiger partial charge in [-0.25, -0.2) is 15.0 Å². The van der Waals surface area contributed by atoms with Crippen molar-refractivity contribution in [1.82, 2.24) is 15.0 Å². The van der Waals surface area contributed by atoms with E-state index in [0.29, 0.717) is 11.5 Å². The van der Waals surface area contributed by atoms with Crippen LogP contribution in [0.4, 0.5) is 0 Å². The number of hydrogen-bond donors (Lipinski definition) is 1. The smallest absolute Gasteiger partial charge is 0.179 e. The molecule has 2 heterocycles. The number of aryl methyl sites for hydroxylation is 2. The number of rotatable bonds is 1. The second-order valence-corrected chi connectivity index (χ2v) is 3.84. The van der Waals surface area contributed by atoms with Gasteiger partial charge in [0.15, 0.2) is 5.82 Å². The van der Waals surface area contributed by atoms with Gasteiger partial charge in [0.2, 0.25) is 0 Å². The van der Waals surface area contributed by atoms with Gasteiger partial charge in [0.25, 0.3) is 0 Å². The van der Waals surface area contributed by atoms with Crippen molar-refractivity contribution in [2.24, 2.45) is 0 Å². The van der Waals surface area contributed by atoms with Gasteiger partial charge in [-0.2, -0.15) is 0 Å². The first-order valence-electron chi connectivity index (χ1n) is 5.58. The third kappa shape index (κ3) is 2.90. The van der Waals surface area contributed by atoms with E-state index in [1.165, 1.54) is 0 Å². The quantitative estimate of drug-likeness (QED) is 0.766. The first-order chi connectivity index (χ1) is 8.69. The molecule has 0 atom stereocenters. The monoisotopic (exact) mass is 239 g/mol. The minimum absolute atomic E-state index is 0.179. The molecule has 0 aromatic carbocycles. The van der Waals surface area contributed by atoms with Gasteiger partial charge in [-0.15, -0.1) is 0 Å². The van der Waals surface area contributed by atoms with E-state index in [-0.39, 0.29) is 6.61 Å². The summed E-state index contributed by atoms with van der Waals surface area (Å²) in [6, 6.07) is 7.49. The molecule has 2 aromatic heterocycles. The van der Waals surface area contributed by atoms with Gasteiger partial charge in [0.05, 0.1) is 0 Å². The van der Waals surface area contributed by atoms with E-state index in [9.17, 15) is 0 Å². The van der Waals surface area contributed by atoms with E-state index < -0.39 is 0 Å². The molecule has 0 aliphatic rings. The number of aliphatic hydroxyl groups excluding tert-OH is 1. The summed E-state index contributed by atoms with van der Waals surface area (Å²) in [5, 5.41) is 8.69. The third-order valence-corrected chi connectivity index (χ3v) is 2.27. The van der Waals surface area contributed by atoms with Crippen molar-refractivity contribution in [3.05, 3.63) is 41.3 Å². The molecule has 18 heavy (non-hydrogen) atoms. The summed E-state index contributed by atoms with van der Waals surface area (Å²) in [4.78, 5) is 13.1. The van der Waals surface area contributed by atoms with Crippen molar-refractivity contribution < 1.29 is 5.11 Å². The van der Waals surface area contributed by atoms with Crippen LogP contribution in [0.3, 0.4) is 0 Å². The minimum Gasteiger partial charge on any atom is -0.384 e. The lowest BCUT2D eigenvalue weighted by molar-refractivity contribution is 0.350. The average Bonchev–Trinajstić information content (AvgIpc) is 2.36. The van der Waals surface area contributed by atoms with Crippen molar-refractivity contribution >= 4 is 0 Å². The van der Waals surface area contributed by atoms with Gasteiger partial charge < -0.3 is 5.11 Å². The summed E-state index contributed by atoms with van der Waals surface area (Å²) >= 11 is 0. The summed E-state index contributed by atoms with van der Waals surface area (Å²) in [7, 11) is 0. The molecule has 0 aliphatic heterocycles. The largest absolute Gasteiger partial charge is 0.384 e. The molecule has 90 valence electrons. The Morgan fingerprint density at radius 3 is 2.67 bits per heavy atom. The molecule has 0 saturated carbocycles. The maximum absolute atomic E-state index is 8.69. The van der Waals surface area contributed by atoms with Crippen molar-refractivity contribution in [2.45, 2.75) is 13.8 Å². The fourth-order valence-corrected chi connectivity index (χ4v) is 1.54. The number of aliphatic hydroxyl groups is 1. The predicted octanol–water partition coefficient (Wildman–Crippen LogP) is 1.50. The van der Waals surface area contributed by atoms with Gasteiger partial charge in [-0.05, 0) is 38.0 Å². The van der Waals surface area contributed by atoms with E-state index in [0.717, 1.165) is 17.1 Å². The Balaban J connectivity index is 2.48. The highest BCUT2D eigenvalue weighted by Crippen LogP contribution is 2.13. The molecule has 1 N–H and O–H groups in total. The number of nitrogens with zero attached hydrogens (tertiary/aromatic N) is 3. The van der Waals surface area contributed by atoms with Crippen LogP contribution in [-0.2, 0) is 0 Å². The van der Waals surface area contributed by atoms with Crippen LogP contribution in [0.2, 0.25) is 0 Å². The molecule has 0 fully saturated rings. The Hall–Kier alpha value is -2.25. The van der Waals surface area contributed by atoms with Crippen LogP contribution in [0.5, 0.6) is 0 Å². The molecule has 0 bridgehead atoms. The van der Waals surface area contributed by atoms with Crippen LogP contribution in [0, 0.1) is 25.7 Å². The Labute approximate surface area is 106 Å². The van der Waals surface area contributed by atoms with Crippen LogP contribution in [0.15, 0.2) is 24.3 Å². The van der Waals surface area contributed by atoms with E-state index in [1.54, 1.807) is 6.07 Å². The fourth-order valence-electron chi connectivity index (χ4n) is 1.54. The number of aromatic nitrogens is 3. The molecule has 0 unspecified atom stereocenters. The van der Waals surface area contributed by atoms with E-state index >= 15 is 0 Å². The van der Waals surface area contributed by atoms with E-state index in [4.69, 9.17) is 5.11 Å². The van der Waals surface area contributed by atoms with Crippen molar-refractivity contribution in [2.75, 3.05) is 6.61 Å². The summed E-state index contributed by atoms with van der Waals surface area (Å²) in [6.07, 6.45) is 0. The Kier molecular flexibility index (Phi) is 3.66. The SMILES string of the molecule is Cc1cccc(-c2nc(C)cc(C#CCO)n2)n1. The molecule has 2 aromatic rings. The third-order valence-electron chi connectivity index (χ3n) is 2.27. The molecule has 4 heteroatoms. The molecule has 0 spiro atoms. The van der Waals surface area contributed by atoms with Crippen LogP contribution < -0.4 is 0 Å². The topological polar surface area (TPSA) is 58.9 Å². The highest BCUT2D eigenvalue weighted by atomic mass is 16.2. The van der Waals surface area contributed by atoms with E-state index in [2.05, 4.69) is 26.8 Å². The molecule has 0 aliphatic carbocycles. The maximum Gasteiger partial charge on any atom is 0.179 e. The van der Waals surface area contributed by atoms with Gasteiger partial charge in [0, 0.05) is 11.4 Å². The summed E-state index contributed by atoms with van der Waals surface area (Å²) in [6.45, 7) is 3.62. The first-order valence-corrected chi connectivity index (χ1v) is 5.58. The van der Waals surface area contributed by atoms with Crippen LogP contribution >= 0.6 is 0 Å². The lowest BCUT2D eigenvalue weighted by Crippen LogP contribution is -1.97. The number of pyridine rings is 1. The zero-order valence-electron chi connectivity index (χ0n) is 10.3. The fraction of sp³-hybridized carbons (Fsp3) is 0.214. The lowest BCUT2D eigenvalue weighted by Gasteiger charge is -2.02. The van der Waals surface area contributed by atoms with Crippen molar-refractivity contribution in [3.63, 3.8) is 0 Å². The average molecular weight is 239 g/mol. The molecule has 0 saturated heterocycles. The molecule has 0 amide bonds. The summed E-state index contributed by atoms with van der Waals surface area (Å²) in [5.74, 6) is 5.91. The predicted molar refractivity (Wildman–Crippen MR) is 68.7 cm³/mol. The van der Waals surface area contributed by atoms with Gasteiger partial charge in [0.1, 0.15) is 18.0 Å². The standard InChI is InChI=1S/C14H13N3O/c1-10-5-3-7-13(15-10)14-16-11(2)9-12(17-14)6-4-8-18/h3,5,7,9,18H,8H2,1-2H3. The first kappa shape index (κ1) is 12.2. The molecule has 2 rings (SSSR count). The Bertz CT molecular complexity index is 626.